The van der Waals surface area contributed by atoms with Crippen molar-refractivity contribution < 1.29 is 23.0 Å². The molecule has 3 atom stereocenters. The Kier molecular flexibility index (Phi) is 8.64. The Labute approximate surface area is 197 Å². The molecule has 1 saturated heterocycles. The number of nitroso groups, excluding NO2 is 1. The number of ether oxygens (including phenoxy) is 1. The van der Waals surface area contributed by atoms with Crippen LogP contribution in [0.1, 0.15) is 32.3 Å². The van der Waals surface area contributed by atoms with Gasteiger partial charge in [-0.2, -0.15) is 13.2 Å². The predicted molar refractivity (Wildman–Crippen MR) is 124 cm³/mol. The molecule has 7 nitrogen and oxygen atoms in total. The SMILES string of the molecule is C/C(=C\N(N)c1ccc(C(F)(F)F)cc1)CN1CCC2=CC(C)C(OCC(O)N=O)C=C2CC1. The van der Waals surface area contributed by atoms with Crippen molar-refractivity contribution in [2.75, 3.05) is 31.3 Å². The molecule has 1 heterocycles. The van der Waals surface area contributed by atoms with E-state index in [1.165, 1.54) is 28.3 Å². The van der Waals surface area contributed by atoms with E-state index in [0.29, 0.717) is 12.2 Å². The number of aliphatic hydroxyl groups is 1. The number of rotatable bonds is 8. The number of alkyl halides is 3. The molecule has 1 aliphatic heterocycles. The topological polar surface area (TPSA) is 91.4 Å². The summed E-state index contributed by atoms with van der Waals surface area (Å²) in [5.41, 5.74) is 3.25. The average molecular weight is 481 g/mol. The second-order valence-corrected chi connectivity index (χ2v) is 8.83. The summed E-state index contributed by atoms with van der Waals surface area (Å²) in [4.78, 5) is 12.7. The maximum atomic E-state index is 12.8. The molecular weight excluding hydrogens is 449 g/mol. The van der Waals surface area contributed by atoms with Gasteiger partial charge in [0, 0.05) is 31.8 Å². The summed E-state index contributed by atoms with van der Waals surface area (Å²) < 4.78 is 44.0. The van der Waals surface area contributed by atoms with Gasteiger partial charge >= 0.3 is 6.18 Å². The van der Waals surface area contributed by atoms with Crippen molar-refractivity contribution in [2.45, 2.75) is 45.2 Å². The van der Waals surface area contributed by atoms with Crippen LogP contribution in [-0.4, -0.2) is 48.6 Å². The number of likely N-dealkylation sites (tertiary alicyclic amines) is 1. The minimum Gasteiger partial charge on any atom is -0.369 e. The largest absolute Gasteiger partial charge is 0.416 e. The highest BCUT2D eigenvalue weighted by molar-refractivity contribution is 5.49. The summed E-state index contributed by atoms with van der Waals surface area (Å²) in [7, 11) is 0. The molecule has 0 bridgehead atoms. The lowest BCUT2D eigenvalue weighted by Crippen LogP contribution is -2.29. The van der Waals surface area contributed by atoms with Gasteiger partial charge < -0.3 is 9.84 Å². The molecule has 1 aliphatic carbocycles. The van der Waals surface area contributed by atoms with Crippen molar-refractivity contribution in [3.05, 3.63) is 69.8 Å². The number of anilines is 1. The van der Waals surface area contributed by atoms with Crippen LogP contribution >= 0.6 is 0 Å². The van der Waals surface area contributed by atoms with Crippen LogP contribution in [0.25, 0.3) is 0 Å². The van der Waals surface area contributed by atoms with E-state index >= 15 is 0 Å². The van der Waals surface area contributed by atoms with E-state index in [0.717, 1.165) is 43.6 Å². The molecule has 1 aromatic carbocycles. The van der Waals surface area contributed by atoms with E-state index in [1.54, 1.807) is 6.20 Å². The monoisotopic (exact) mass is 480 g/mol. The van der Waals surface area contributed by atoms with Crippen LogP contribution < -0.4 is 10.9 Å². The quantitative estimate of drug-likeness (QED) is 0.326. The molecule has 0 amide bonds. The Balaban J connectivity index is 1.58. The number of nitrogens with two attached hydrogens (primary N) is 1. The van der Waals surface area contributed by atoms with E-state index in [-0.39, 0.29) is 18.6 Å². The lowest BCUT2D eigenvalue weighted by molar-refractivity contribution is -0.137. The van der Waals surface area contributed by atoms with Crippen LogP contribution in [0.4, 0.5) is 18.9 Å². The van der Waals surface area contributed by atoms with Crippen LogP contribution in [0.3, 0.4) is 0 Å². The fraction of sp³-hybridized carbons (Fsp3) is 0.500. The van der Waals surface area contributed by atoms with Crippen molar-refractivity contribution in [3.8, 4) is 0 Å². The van der Waals surface area contributed by atoms with Crippen molar-refractivity contribution in [1.29, 1.82) is 0 Å². The number of nitrogens with zero attached hydrogens (tertiary/aromatic N) is 3. The highest BCUT2D eigenvalue weighted by Crippen LogP contribution is 2.32. The summed E-state index contributed by atoms with van der Waals surface area (Å²) in [5.74, 6) is 6.18. The second kappa shape index (κ2) is 11.3. The molecule has 186 valence electrons. The first kappa shape index (κ1) is 26.1. The second-order valence-electron chi connectivity index (χ2n) is 8.83. The Morgan fingerprint density at radius 2 is 1.88 bits per heavy atom. The molecule has 1 fully saturated rings. The number of hydrogen-bond donors (Lipinski definition) is 2. The zero-order chi connectivity index (χ0) is 24.9. The summed E-state index contributed by atoms with van der Waals surface area (Å²) in [6.45, 7) is 6.23. The molecule has 34 heavy (non-hydrogen) atoms. The number of aliphatic hydroxyl groups excluding tert-OH is 1. The van der Waals surface area contributed by atoms with Gasteiger partial charge in [0.2, 0.25) is 6.23 Å². The first-order chi connectivity index (χ1) is 16.1. The van der Waals surface area contributed by atoms with Gasteiger partial charge in [0.25, 0.3) is 0 Å². The van der Waals surface area contributed by atoms with Gasteiger partial charge in [0.1, 0.15) is 0 Å². The van der Waals surface area contributed by atoms with Gasteiger partial charge in [0.05, 0.1) is 24.0 Å². The van der Waals surface area contributed by atoms with Crippen LogP contribution in [0.15, 0.2) is 64.5 Å². The predicted octanol–water partition coefficient (Wildman–Crippen LogP) is 4.36. The minimum atomic E-state index is -4.38. The number of hydrogen-bond acceptors (Lipinski definition) is 7. The number of fused-ring (bicyclic) bond motifs is 1. The maximum absolute atomic E-state index is 12.8. The lowest BCUT2D eigenvalue weighted by Gasteiger charge is -2.26. The van der Waals surface area contributed by atoms with E-state index < -0.39 is 18.0 Å². The van der Waals surface area contributed by atoms with Gasteiger partial charge in [-0.3, -0.25) is 9.91 Å². The Bertz CT molecular complexity index is 944. The molecule has 0 spiro atoms. The Morgan fingerprint density at radius 3 is 2.47 bits per heavy atom. The Morgan fingerprint density at radius 1 is 1.26 bits per heavy atom. The standard InChI is InChI=1S/C24H31F3N4O3/c1-16(14-31(28)21-5-3-20(4-6-21)24(25,26)27)13-30-9-7-18-11-17(2)22(12-19(18)8-10-30)34-15-23(32)29-33/h3-6,11-12,14,17,22-23,32H,7-10,13,15,28H2,1-2H3/b16-14+. The first-order valence-corrected chi connectivity index (χ1v) is 11.2. The molecule has 2 aliphatic rings. The molecule has 0 aromatic heterocycles. The Hall–Kier alpha value is -2.53. The van der Waals surface area contributed by atoms with Crippen LogP contribution in [0, 0.1) is 10.8 Å². The van der Waals surface area contributed by atoms with Gasteiger partial charge in [-0.05, 0) is 65.9 Å². The zero-order valence-corrected chi connectivity index (χ0v) is 19.3. The highest BCUT2D eigenvalue weighted by atomic mass is 19.4. The van der Waals surface area contributed by atoms with Crippen LogP contribution in [0.2, 0.25) is 0 Å². The van der Waals surface area contributed by atoms with Crippen molar-refractivity contribution in [3.63, 3.8) is 0 Å². The van der Waals surface area contributed by atoms with Gasteiger partial charge in [-0.25, -0.2) is 5.84 Å². The third-order valence-electron chi connectivity index (χ3n) is 6.04. The molecule has 3 N–H and O–H groups in total. The number of hydrazine groups is 1. The molecule has 1 aromatic rings. The van der Waals surface area contributed by atoms with Crippen molar-refractivity contribution in [2.24, 2.45) is 16.9 Å². The average Bonchev–Trinajstić information content (AvgIpc) is 2.98. The van der Waals surface area contributed by atoms with Crippen molar-refractivity contribution >= 4 is 5.69 Å². The molecule has 0 radical (unpaired) electrons. The smallest absolute Gasteiger partial charge is 0.369 e. The zero-order valence-electron chi connectivity index (χ0n) is 19.3. The minimum absolute atomic E-state index is 0.125. The molecule has 0 saturated carbocycles. The van der Waals surface area contributed by atoms with E-state index in [2.05, 4.69) is 22.2 Å². The van der Waals surface area contributed by atoms with Gasteiger partial charge in [0.15, 0.2) is 0 Å². The molecule has 10 heteroatoms. The van der Waals surface area contributed by atoms with Crippen LogP contribution in [-0.2, 0) is 10.9 Å². The fourth-order valence-corrected chi connectivity index (χ4v) is 4.25. The van der Waals surface area contributed by atoms with E-state index in [1.807, 2.05) is 13.8 Å². The lowest BCUT2D eigenvalue weighted by atomic mass is 9.87. The molecular formula is C24H31F3N4O3. The fourth-order valence-electron chi connectivity index (χ4n) is 4.25. The van der Waals surface area contributed by atoms with E-state index in [4.69, 9.17) is 10.6 Å². The summed E-state index contributed by atoms with van der Waals surface area (Å²) in [6, 6.07) is 4.74. The molecule has 3 rings (SSSR count). The first-order valence-electron chi connectivity index (χ1n) is 11.2. The number of benzene rings is 1. The summed E-state index contributed by atoms with van der Waals surface area (Å²) in [5, 5.41) is 13.2. The summed E-state index contributed by atoms with van der Waals surface area (Å²) >= 11 is 0. The van der Waals surface area contributed by atoms with Crippen LogP contribution in [0.5, 0.6) is 0 Å². The van der Waals surface area contributed by atoms with E-state index in [9.17, 15) is 23.2 Å². The van der Waals surface area contributed by atoms with Gasteiger partial charge in [-0.15, -0.1) is 4.91 Å². The number of halogens is 3. The highest BCUT2D eigenvalue weighted by Gasteiger charge is 2.30. The van der Waals surface area contributed by atoms with Crippen molar-refractivity contribution in [1.82, 2.24) is 4.90 Å². The molecule has 3 unspecified atom stereocenters. The van der Waals surface area contributed by atoms with Gasteiger partial charge in [-0.1, -0.05) is 19.1 Å². The normalized spacial score (nSPS) is 22.9. The summed E-state index contributed by atoms with van der Waals surface area (Å²) in [6.07, 6.45) is 1.78. The third kappa shape index (κ3) is 6.99. The maximum Gasteiger partial charge on any atom is 0.416 e. The third-order valence-corrected chi connectivity index (χ3v) is 6.04.